The van der Waals surface area contributed by atoms with Gasteiger partial charge in [0, 0.05) is 17.4 Å². The quantitative estimate of drug-likeness (QED) is 0.634. The summed E-state index contributed by atoms with van der Waals surface area (Å²) in [5.41, 5.74) is -0.367. The van der Waals surface area contributed by atoms with Gasteiger partial charge in [-0.1, -0.05) is 11.6 Å². The van der Waals surface area contributed by atoms with Crippen LogP contribution in [0.4, 0.5) is 5.69 Å². The maximum absolute atomic E-state index is 12.3. The van der Waals surface area contributed by atoms with Crippen LogP contribution < -0.4 is 4.72 Å². The summed E-state index contributed by atoms with van der Waals surface area (Å²) in [6.07, 6.45) is 5.57. The molecule has 0 bridgehead atoms. The molecule has 10 heteroatoms. The number of hydrogen-bond donors (Lipinski definition) is 1. The number of sulfonamides is 1. The topological polar surface area (TPSA) is 89.3 Å². The van der Waals surface area contributed by atoms with Crippen LogP contribution in [0.25, 0.3) is 0 Å². The van der Waals surface area contributed by atoms with Gasteiger partial charge >= 0.3 is 0 Å². The third-order valence-corrected chi connectivity index (χ3v) is 7.91. The van der Waals surface area contributed by atoms with Gasteiger partial charge < -0.3 is 0 Å². The molecule has 2 rings (SSSR count). The molecule has 0 aliphatic heterocycles. The SMILES string of the molecule is CSC1CCC(NS(=O)(=O)c2cc([N+](=O)[O-])c(Cl)s2)CC1. The largest absolute Gasteiger partial charge is 0.300 e. The van der Waals surface area contributed by atoms with Gasteiger partial charge in [-0.15, -0.1) is 11.3 Å². The van der Waals surface area contributed by atoms with Crippen molar-refractivity contribution in [2.45, 2.75) is 41.2 Å². The Labute approximate surface area is 136 Å². The van der Waals surface area contributed by atoms with Crippen LogP contribution in [0.3, 0.4) is 0 Å². The van der Waals surface area contributed by atoms with Crippen molar-refractivity contribution in [3.05, 3.63) is 20.5 Å². The third-order valence-electron chi connectivity index (χ3n) is 3.44. The lowest BCUT2D eigenvalue weighted by Gasteiger charge is -2.27. The highest BCUT2D eigenvalue weighted by Gasteiger charge is 2.29. The maximum Gasteiger partial charge on any atom is 0.300 e. The molecule has 1 aromatic rings. The highest BCUT2D eigenvalue weighted by atomic mass is 35.5. The predicted molar refractivity (Wildman–Crippen MR) is 85.9 cm³/mol. The predicted octanol–water partition coefficient (Wildman–Crippen LogP) is 3.26. The van der Waals surface area contributed by atoms with Crippen molar-refractivity contribution >= 4 is 50.4 Å². The Balaban J connectivity index is 2.09. The first-order chi connectivity index (χ1) is 9.83. The van der Waals surface area contributed by atoms with Crippen molar-refractivity contribution in [2.75, 3.05) is 6.26 Å². The van der Waals surface area contributed by atoms with Crippen molar-refractivity contribution < 1.29 is 13.3 Å². The number of halogens is 1. The highest BCUT2D eigenvalue weighted by molar-refractivity contribution is 7.99. The van der Waals surface area contributed by atoms with Crippen molar-refractivity contribution in [3.63, 3.8) is 0 Å². The molecule has 1 aliphatic carbocycles. The monoisotopic (exact) mass is 370 g/mol. The number of rotatable bonds is 5. The second-order valence-corrected chi connectivity index (χ2v) is 9.55. The van der Waals surface area contributed by atoms with Crippen molar-refractivity contribution in [1.82, 2.24) is 4.72 Å². The smallest absolute Gasteiger partial charge is 0.258 e. The zero-order valence-electron chi connectivity index (χ0n) is 11.2. The van der Waals surface area contributed by atoms with Gasteiger partial charge in [0.15, 0.2) is 4.34 Å². The van der Waals surface area contributed by atoms with E-state index in [9.17, 15) is 18.5 Å². The van der Waals surface area contributed by atoms with Gasteiger partial charge in [0.25, 0.3) is 15.7 Å². The minimum Gasteiger partial charge on any atom is -0.258 e. The minimum atomic E-state index is -3.75. The number of nitro groups is 1. The standard InChI is InChI=1S/C11H15ClN2O4S3/c1-19-8-4-2-7(3-5-8)13-21(17,18)10-6-9(14(15)16)11(12)20-10/h6-8,13H,2-5H2,1H3. The number of nitrogens with zero attached hydrogens (tertiary/aromatic N) is 1. The van der Waals surface area contributed by atoms with Crippen LogP contribution in [-0.2, 0) is 10.0 Å². The average molecular weight is 371 g/mol. The average Bonchev–Trinajstić information content (AvgIpc) is 2.82. The van der Waals surface area contributed by atoms with E-state index in [1.807, 2.05) is 0 Å². The van der Waals surface area contributed by atoms with E-state index in [1.54, 1.807) is 11.8 Å². The lowest BCUT2D eigenvalue weighted by Crippen LogP contribution is -2.37. The summed E-state index contributed by atoms with van der Waals surface area (Å²) in [5.74, 6) is 0. The van der Waals surface area contributed by atoms with Gasteiger partial charge in [0.1, 0.15) is 4.21 Å². The second kappa shape index (κ2) is 6.82. The summed E-state index contributed by atoms with van der Waals surface area (Å²) in [5, 5.41) is 11.3. The molecule has 1 N–H and O–H groups in total. The molecule has 0 unspecified atom stereocenters. The Hall–Kier alpha value is -0.350. The third kappa shape index (κ3) is 4.10. The van der Waals surface area contributed by atoms with Crippen LogP contribution in [0.5, 0.6) is 0 Å². The Morgan fingerprint density at radius 2 is 2.05 bits per heavy atom. The Morgan fingerprint density at radius 1 is 1.43 bits per heavy atom. The number of hydrogen-bond acceptors (Lipinski definition) is 6. The van der Waals surface area contributed by atoms with Gasteiger partial charge in [-0.25, -0.2) is 13.1 Å². The van der Waals surface area contributed by atoms with Gasteiger partial charge in [-0.3, -0.25) is 10.1 Å². The van der Waals surface area contributed by atoms with Crippen molar-refractivity contribution in [3.8, 4) is 0 Å². The Morgan fingerprint density at radius 3 is 2.52 bits per heavy atom. The van der Waals surface area contributed by atoms with Gasteiger partial charge in [-0.05, 0) is 31.9 Å². The molecule has 1 fully saturated rings. The van der Waals surface area contributed by atoms with E-state index in [-0.39, 0.29) is 20.3 Å². The molecule has 1 aliphatic rings. The zero-order chi connectivity index (χ0) is 15.6. The molecular weight excluding hydrogens is 356 g/mol. The zero-order valence-corrected chi connectivity index (χ0v) is 14.4. The molecule has 0 aromatic carbocycles. The van der Waals surface area contributed by atoms with Crippen molar-refractivity contribution in [1.29, 1.82) is 0 Å². The van der Waals surface area contributed by atoms with E-state index >= 15 is 0 Å². The lowest BCUT2D eigenvalue weighted by atomic mass is 9.96. The first-order valence-corrected chi connectivity index (χ1v) is 10.3. The number of thiophene rings is 1. The molecule has 6 nitrogen and oxygen atoms in total. The normalized spacial score (nSPS) is 23.1. The van der Waals surface area contributed by atoms with Gasteiger partial charge in [-0.2, -0.15) is 11.8 Å². The lowest BCUT2D eigenvalue weighted by molar-refractivity contribution is -0.384. The molecule has 0 atom stereocenters. The van der Waals surface area contributed by atoms with Crippen LogP contribution in [0, 0.1) is 10.1 Å². The Kier molecular flexibility index (Phi) is 5.53. The summed E-state index contributed by atoms with van der Waals surface area (Å²) >= 11 is 8.22. The van der Waals surface area contributed by atoms with E-state index in [1.165, 1.54) is 0 Å². The van der Waals surface area contributed by atoms with Gasteiger partial charge in [0.2, 0.25) is 0 Å². The van der Waals surface area contributed by atoms with Crippen molar-refractivity contribution in [2.24, 2.45) is 0 Å². The highest BCUT2D eigenvalue weighted by Crippen LogP contribution is 2.36. The summed E-state index contributed by atoms with van der Waals surface area (Å²) in [6.45, 7) is 0. The van der Waals surface area contributed by atoms with Crippen LogP contribution in [-0.4, -0.2) is 30.9 Å². The molecule has 118 valence electrons. The summed E-state index contributed by atoms with van der Waals surface area (Å²) in [6, 6.07) is 0.904. The van der Waals surface area contributed by atoms with Crippen LogP contribution in [0.1, 0.15) is 25.7 Å². The molecule has 1 aromatic heterocycles. The first-order valence-electron chi connectivity index (χ1n) is 6.32. The second-order valence-electron chi connectivity index (χ2n) is 4.81. The van der Waals surface area contributed by atoms with Gasteiger partial charge in [0.05, 0.1) is 4.92 Å². The first kappa shape index (κ1) is 17.0. The fourth-order valence-electron chi connectivity index (χ4n) is 2.29. The van der Waals surface area contributed by atoms with Crippen LogP contribution in [0.2, 0.25) is 4.34 Å². The van der Waals surface area contributed by atoms with Crippen LogP contribution in [0.15, 0.2) is 10.3 Å². The van der Waals surface area contributed by atoms with E-state index in [2.05, 4.69) is 11.0 Å². The molecule has 0 radical (unpaired) electrons. The molecule has 0 saturated heterocycles. The molecule has 0 spiro atoms. The molecule has 0 amide bonds. The number of nitrogens with one attached hydrogen (secondary N) is 1. The summed E-state index contributed by atoms with van der Waals surface area (Å²) in [7, 11) is -3.75. The minimum absolute atomic E-state index is 0.105. The van der Waals surface area contributed by atoms with E-state index in [4.69, 9.17) is 11.6 Å². The number of thioether (sulfide) groups is 1. The molecule has 1 saturated carbocycles. The summed E-state index contributed by atoms with van der Waals surface area (Å²) < 4.78 is 26.9. The summed E-state index contributed by atoms with van der Waals surface area (Å²) in [4.78, 5) is 10.1. The molecule has 1 heterocycles. The molecular formula is C11H15ClN2O4S3. The Bertz CT molecular complexity index is 623. The molecule has 21 heavy (non-hydrogen) atoms. The van der Waals surface area contributed by atoms with Crippen LogP contribution >= 0.6 is 34.7 Å². The van der Waals surface area contributed by atoms with E-state index in [0.29, 0.717) is 16.6 Å². The fraction of sp³-hybridized carbons (Fsp3) is 0.636. The van der Waals surface area contributed by atoms with E-state index in [0.717, 1.165) is 31.7 Å². The van der Waals surface area contributed by atoms with E-state index < -0.39 is 14.9 Å². The fourth-order valence-corrected chi connectivity index (χ4v) is 6.02. The maximum atomic E-state index is 12.3.